The number of hydrogen-bond acceptors (Lipinski definition) is 9. The molecule has 11 nitrogen and oxygen atoms in total. The summed E-state index contributed by atoms with van der Waals surface area (Å²) in [5.74, 6) is -2.60. The predicted octanol–water partition coefficient (Wildman–Crippen LogP) is -0.917. The number of nitrogens with one attached hydrogen (secondary N) is 1. The van der Waals surface area contributed by atoms with Crippen molar-refractivity contribution in [3.8, 4) is 11.5 Å². The number of aliphatic hydroxyl groups excluding tert-OH is 1. The summed E-state index contributed by atoms with van der Waals surface area (Å²) >= 11 is 0. The summed E-state index contributed by atoms with van der Waals surface area (Å²) < 4.78 is 11.2. The highest BCUT2D eigenvalue weighted by Gasteiger charge is 2.43. The Balaban J connectivity index is 1.70. The zero-order valence-electron chi connectivity index (χ0n) is 18.4. The van der Waals surface area contributed by atoms with Crippen LogP contribution in [0.4, 0.5) is 0 Å². The summed E-state index contributed by atoms with van der Waals surface area (Å²) in [6.45, 7) is 2.86. The Bertz CT molecular complexity index is 888. The van der Waals surface area contributed by atoms with Gasteiger partial charge in [-0.05, 0) is 24.5 Å². The fourth-order valence-electron chi connectivity index (χ4n) is 4.12. The van der Waals surface area contributed by atoms with Crippen molar-refractivity contribution in [1.29, 1.82) is 0 Å². The van der Waals surface area contributed by atoms with Gasteiger partial charge in [-0.25, -0.2) is 4.79 Å². The molecule has 1 aromatic carbocycles. The smallest absolute Gasteiger partial charge is 0.433 e. The molecule has 1 saturated heterocycles. The minimum absolute atomic E-state index is 0.0745. The minimum atomic E-state index is -3.22. The molecule has 1 aromatic rings. The molecule has 0 radical (unpaired) electrons. The van der Waals surface area contributed by atoms with Crippen molar-refractivity contribution in [3.63, 3.8) is 0 Å². The molecular weight excluding hydrogens is 421 g/mol. The fraction of sp³-hybridized carbons (Fsp3) is 0.600. The van der Waals surface area contributed by atoms with E-state index in [0.717, 1.165) is 0 Å². The molecule has 12 heteroatoms. The number of aliphatic hydroxyl groups is 1. The van der Waals surface area contributed by atoms with E-state index < -0.39 is 24.1 Å². The van der Waals surface area contributed by atoms with Gasteiger partial charge in [0.2, 0.25) is 5.91 Å². The molecule has 1 unspecified atom stereocenters. The van der Waals surface area contributed by atoms with Crippen LogP contribution in [0.2, 0.25) is 5.82 Å². The molecule has 0 saturated carbocycles. The molecule has 7 N–H and O–H groups in total. The molecule has 2 aliphatic heterocycles. The number of fused-ring (bicyclic) bond motifs is 1. The highest BCUT2D eigenvalue weighted by molar-refractivity contribution is 6.61. The van der Waals surface area contributed by atoms with Crippen LogP contribution in [0, 0.1) is 0 Å². The van der Waals surface area contributed by atoms with Crippen LogP contribution in [0.25, 0.3) is 0 Å². The number of carboxylic acid groups (broad SMARTS) is 1. The maximum Gasteiger partial charge on any atom is 0.433 e. The molecule has 3 atom stereocenters. The number of aromatic carboxylic acids is 1. The number of rotatable bonds is 8. The largest absolute Gasteiger partial charge is 0.669 e. The zero-order chi connectivity index (χ0) is 23.8. The molecule has 2 heterocycles. The second-order valence-electron chi connectivity index (χ2n) is 9.02. The van der Waals surface area contributed by atoms with Gasteiger partial charge in [-0.1, -0.05) is 25.7 Å². The summed E-state index contributed by atoms with van der Waals surface area (Å²) in [6.07, 6.45) is -0.332. The van der Waals surface area contributed by atoms with E-state index in [-0.39, 0.29) is 54.7 Å². The van der Waals surface area contributed by atoms with E-state index in [2.05, 4.69) is 5.32 Å². The van der Waals surface area contributed by atoms with Crippen molar-refractivity contribution >= 4 is 18.6 Å². The molecule has 32 heavy (non-hydrogen) atoms. The average Bonchev–Trinajstić information content (AvgIpc) is 2.67. The van der Waals surface area contributed by atoms with Gasteiger partial charge in [0.05, 0.1) is 12.4 Å². The van der Waals surface area contributed by atoms with Crippen LogP contribution in [0.3, 0.4) is 0 Å². The number of likely N-dealkylation sites (tertiary alicyclic amines) is 1. The number of amides is 1. The van der Waals surface area contributed by atoms with Crippen molar-refractivity contribution in [1.82, 2.24) is 10.2 Å². The standard InChI is InChI=1S/C20H31BN3O8/c1-11-12(2)21(29,30)32-17-14(11)4-5-15(16(17)18(26)27)31-13-8-24(9-13)10-20(3,22)19(28)23-6-7-25/h4-5,11-13,25,29-30H,6-10,22H2,1-3H3,(H,23,28)(H,26,27)/q-1/t11-,12+,20?/m0/s1. The van der Waals surface area contributed by atoms with E-state index in [1.807, 2.05) is 4.90 Å². The van der Waals surface area contributed by atoms with Crippen LogP contribution in [0.1, 0.15) is 42.6 Å². The van der Waals surface area contributed by atoms with Crippen LogP contribution < -0.4 is 20.4 Å². The molecule has 3 rings (SSSR count). The van der Waals surface area contributed by atoms with E-state index in [1.165, 1.54) is 0 Å². The Morgan fingerprint density at radius 2 is 2.00 bits per heavy atom. The highest BCUT2D eigenvalue weighted by atomic mass is 16.6. The second kappa shape index (κ2) is 8.87. The lowest BCUT2D eigenvalue weighted by Gasteiger charge is -2.46. The van der Waals surface area contributed by atoms with Gasteiger partial charge >= 0.3 is 12.7 Å². The van der Waals surface area contributed by atoms with Crippen molar-refractivity contribution in [2.75, 3.05) is 32.8 Å². The summed E-state index contributed by atoms with van der Waals surface area (Å²) in [5.41, 5.74) is 5.25. The maximum atomic E-state index is 12.1. The maximum absolute atomic E-state index is 12.1. The number of nitrogens with two attached hydrogens (primary N) is 1. The average molecular weight is 452 g/mol. The van der Waals surface area contributed by atoms with E-state index >= 15 is 0 Å². The van der Waals surface area contributed by atoms with Gasteiger partial charge in [-0.15, -0.1) is 0 Å². The highest BCUT2D eigenvalue weighted by Crippen LogP contribution is 2.48. The molecule has 178 valence electrons. The summed E-state index contributed by atoms with van der Waals surface area (Å²) in [4.78, 5) is 26.0. The van der Waals surface area contributed by atoms with Crippen LogP contribution >= 0.6 is 0 Å². The number of benzene rings is 1. The molecule has 0 aliphatic carbocycles. The van der Waals surface area contributed by atoms with Gasteiger partial charge in [-0.3, -0.25) is 9.69 Å². The number of carbonyl (C=O) groups is 2. The first kappa shape index (κ1) is 24.3. The van der Waals surface area contributed by atoms with Crippen LogP contribution in [-0.4, -0.2) is 88.2 Å². The first-order valence-electron chi connectivity index (χ1n) is 10.6. The van der Waals surface area contributed by atoms with E-state index in [4.69, 9.17) is 20.2 Å². The van der Waals surface area contributed by atoms with Crippen molar-refractivity contribution < 1.29 is 39.2 Å². The summed E-state index contributed by atoms with van der Waals surface area (Å²) in [7, 11) is 0. The predicted molar refractivity (Wildman–Crippen MR) is 116 cm³/mol. The third-order valence-electron chi connectivity index (χ3n) is 6.30. The first-order valence-corrected chi connectivity index (χ1v) is 10.6. The minimum Gasteiger partial charge on any atom is -0.669 e. The molecule has 1 fully saturated rings. The van der Waals surface area contributed by atoms with Crippen LogP contribution in [0.15, 0.2) is 12.1 Å². The number of ether oxygens (including phenoxy) is 1. The van der Waals surface area contributed by atoms with E-state index in [9.17, 15) is 24.7 Å². The van der Waals surface area contributed by atoms with Gasteiger partial charge in [-0.2, -0.15) is 0 Å². The lowest BCUT2D eigenvalue weighted by molar-refractivity contribution is -0.127. The topological polar surface area (TPSA) is 175 Å². The Labute approximate surface area is 186 Å². The third kappa shape index (κ3) is 4.69. The first-order chi connectivity index (χ1) is 14.9. The number of hydrogen-bond donors (Lipinski definition) is 6. The van der Waals surface area contributed by atoms with E-state index in [1.54, 1.807) is 32.9 Å². The van der Waals surface area contributed by atoms with Gasteiger partial charge in [0, 0.05) is 26.2 Å². The van der Waals surface area contributed by atoms with Gasteiger partial charge in [0.25, 0.3) is 0 Å². The van der Waals surface area contributed by atoms with Crippen molar-refractivity contribution in [2.45, 2.75) is 44.1 Å². The zero-order valence-corrected chi connectivity index (χ0v) is 18.4. The second-order valence-corrected chi connectivity index (χ2v) is 9.02. The number of nitrogens with zero attached hydrogens (tertiary/aromatic N) is 1. The van der Waals surface area contributed by atoms with Gasteiger partial charge in [0.1, 0.15) is 23.0 Å². The lowest BCUT2D eigenvalue weighted by atomic mass is 9.56. The molecule has 0 spiro atoms. The normalized spacial score (nSPS) is 24.5. The van der Waals surface area contributed by atoms with Crippen LogP contribution in [0.5, 0.6) is 11.5 Å². The molecule has 1 amide bonds. The van der Waals surface area contributed by atoms with Crippen LogP contribution in [-0.2, 0) is 4.79 Å². The van der Waals surface area contributed by atoms with Crippen molar-refractivity contribution in [3.05, 3.63) is 23.3 Å². The van der Waals surface area contributed by atoms with Crippen molar-refractivity contribution in [2.24, 2.45) is 5.73 Å². The number of carboxylic acids is 1. The fourth-order valence-corrected chi connectivity index (χ4v) is 4.12. The number of carbonyl (C=O) groups excluding carboxylic acids is 1. The Kier molecular flexibility index (Phi) is 6.73. The Morgan fingerprint density at radius 1 is 1.34 bits per heavy atom. The van der Waals surface area contributed by atoms with Gasteiger partial charge < -0.3 is 40.7 Å². The Morgan fingerprint density at radius 3 is 2.59 bits per heavy atom. The summed E-state index contributed by atoms with van der Waals surface area (Å²) in [6, 6.07) is 3.24. The molecule has 0 aromatic heterocycles. The van der Waals surface area contributed by atoms with E-state index in [0.29, 0.717) is 18.7 Å². The molecule has 0 bridgehead atoms. The Hall–Kier alpha value is -2.38. The molecule has 2 aliphatic rings. The molecular formula is C20H31BN3O8-. The third-order valence-corrected chi connectivity index (χ3v) is 6.30. The quantitative estimate of drug-likeness (QED) is 0.271. The lowest BCUT2D eigenvalue weighted by Crippen LogP contribution is -2.64. The summed E-state index contributed by atoms with van der Waals surface area (Å²) in [5, 5.41) is 41.6. The van der Waals surface area contributed by atoms with Gasteiger partial charge in [0.15, 0.2) is 0 Å². The SMILES string of the molecule is C[C@@H]1c2ccc(OC3CN(CC(C)(N)C(=O)NCCO)C3)c(C(=O)O)c2O[B-](O)(O)[C@@H]1C. The monoisotopic (exact) mass is 452 g/mol.